The van der Waals surface area contributed by atoms with Gasteiger partial charge >= 0.3 is 0 Å². The molecule has 2 rings (SSSR count). The Kier molecular flexibility index (Phi) is 4.51. The number of rotatable bonds is 6. The Morgan fingerprint density at radius 1 is 1.47 bits per heavy atom. The van der Waals surface area contributed by atoms with Gasteiger partial charge in [-0.1, -0.05) is 18.2 Å². The second kappa shape index (κ2) is 6.33. The lowest BCUT2D eigenvalue weighted by molar-refractivity contribution is -0.248. The standard InChI is InChI=1S/C13H17N3O3/c1-14-13(17)12(16-8-19-18)6-9-7-15-11-5-3-2-4-10(9)11/h2-5,7,12,15-16,18H,6,8H2,1H3,(H,14,17)/t12-/m1/s1. The lowest BCUT2D eigenvalue weighted by Crippen LogP contribution is -2.45. The monoisotopic (exact) mass is 263 g/mol. The van der Waals surface area contributed by atoms with Crippen molar-refractivity contribution in [3.8, 4) is 0 Å². The van der Waals surface area contributed by atoms with Gasteiger partial charge in [-0.3, -0.25) is 15.4 Å². The number of carbonyl (C=O) groups is 1. The van der Waals surface area contributed by atoms with E-state index in [0.29, 0.717) is 6.42 Å². The molecule has 0 saturated heterocycles. The summed E-state index contributed by atoms with van der Waals surface area (Å²) in [5.41, 5.74) is 2.07. The number of hydrogen-bond acceptors (Lipinski definition) is 4. The van der Waals surface area contributed by atoms with E-state index < -0.39 is 6.04 Å². The zero-order chi connectivity index (χ0) is 13.7. The normalized spacial score (nSPS) is 12.5. The van der Waals surface area contributed by atoms with E-state index in [1.807, 2.05) is 30.5 Å². The first-order chi connectivity index (χ1) is 9.26. The molecule has 2 aromatic rings. The number of carbonyl (C=O) groups excluding carboxylic acids is 1. The van der Waals surface area contributed by atoms with Gasteiger partial charge < -0.3 is 10.3 Å². The molecule has 0 saturated carbocycles. The molecule has 6 heteroatoms. The van der Waals surface area contributed by atoms with Gasteiger partial charge in [0.15, 0.2) is 0 Å². The number of H-pyrrole nitrogens is 1. The highest BCUT2D eigenvalue weighted by Crippen LogP contribution is 2.19. The Labute approximate surface area is 110 Å². The second-order valence-electron chi connectivity index (χ2n) is 4.21. The SMILES string of the molecule is CNC(=O)[C@@H](Cc1c[nH]c2ccccc12)NCOO. The Morgan fingerprint density at radius 2 is 2.26 bits per heavy atom. The van der Waals surface area contributed by atoms with E-state index in [4.69, 9.17) is 5.26 Å². The molecule has 4 N–H and O–H groups in total. The van der Waals surface area contributed by atoms with Crippen LogP contribution in [0.2, 0.25) is 0 Å². The lowest BCUT2D eigenvalue weighted by atomic mass is 10.0. The molecular weight excluding hydrogens is 246 g/mol. The number of fused-ring (bicyclic) bond motifs is 1. The number of nitrogens with one attached hydrogen (secondary N) is 3. The number of hydrogen-bond donors (Lipinski definition) is 4. The fourth-order valence-electron chi connectivity index (χ4n) is 2.09. The number of amides is 1. The van der Waals surface area contributed by atoms with Crippen molar-refractivity contribution in [2.24, 2.45) is 0 Å². The molecule has 0 fully saturated rings. The minimum absolute atomic E-state index is 0.0968. The molecule has 1 aromatic heterocycles. The van der Waals surface area contributed by atoms with Crippen molar-refractivity contribution in [3.05, 3.63) is 36.0 Å². The van der Waals surface area contributed by atoms with E-state index in [0.717, 1.165) is 16.5 Å². The molecule has 0 aliphatic rings. The van der Waals surface area contributed by atoms with Crippen molar-refractivity contribution in [1.29, 1.82) is 0 Å². The number of benzene rings is 1. The number of aromatic nitrogens is 1. The minimum atomic E-state index is -0.462. The van der Waals surface area contributed by atoms with Gasteiger partial charge in [-0.2, -0.15) is 0 Å². The lowest BCUT2D eigenvalue weighted by Gasteiger charge is -2.15. The minimum Gasteiger partial charge on any atom is -0.361 e. The average Bonchev–Trinajstić information content (AvgIpc) is 2.86. The first-order valence-electron chi connectivity index (χ1n) is 6.02. The highest BCUT2D eigenvalue weighted by Gasteiger charge is 2.18. The molecule has 102 valence electrons. The second-order valence-corrected chi connectivity index (χ2v) is 4.21. The molecule has 0 aliphatic heterocycles. The highest BCUT2D eigenvalue weighted by molar-refractivity contribution is 5.86. The summed E-state index contributed by atoms with van der Waals surface area (Å²) in [5.74, 6) is -0.151. The van der Waals surface area contributed by atoms with Crippen LogP contribution in [-0.2, 0) is 16.1 Å². The van der Waals surface area contributed by atoms with Crippen LogP contribution in [0, 0.1) is 0 Å². The van der Waals surface area contributed by atoms with E-state index in [1.165, 1.54) is 0 Å². The van der Waals surface area contributed by atoms with Gasteiger partial charge in [0.05, 0.1) is 6.04 Å². The third kappa shape index (κ3) is 3.11. The molecule has 0 unspecified atom stereocenters. The maximum absolute atomic E-state index is 11.8. The smallest absolute Gasteiger partial charge is 0.237 e. The van der Waals surface area contributed by atoms with E-state index in [1.54, 1.807) is 7.05 Å². The largest absolute Gasteiger partial charge is 0.361 e. The van der Waals surface area contributed by atoms with Crippen LogP contribution in [0.15, 0.2) is 30.5 Å². The van der Waals surface area contributed by atoms with Crippen LogP contribution in [0.5, 0.6) is 0 Å². The van der Waals surface area contributed by atoms with Gasteiger partial charge in [0.25, 0.3) is 0 Å². The van der Waals surface area contributed by atoms with Crippen LogP contribution in [0.25, 0.3) is 10.9 Å². The van der Waals surface area contributed by atoms with E-state index in [2.05, 4.69) is 20.5 Å². The summed E-state index contributed by atoms with van der Waals surface area (Å²) in [6.45, 7) is -0.0968. The highest BCUT2D eigenvalue weighted by atomic mass is 17.1. The van der Waals surface area contributed by atoms with E-state index in [-0.39, 0.29) is 12.6 Å². The molecule has 0 aliphatic carbocycles. The van der Waals surface area contributed by atoms with Crippen molar-refractivity contribution in [1.82, 2.24) is 15.6 Å². The molecule has 0 bridgehead atoms. The van der Waals surface area contributed by atoms with Gasteiger partial charge in [0.2, 0.25) is 5.91 Å². The molecule has 6 nitrogen and oxygen atoms in total. The zero-order valence-corrected chi connectivity index (χ0v) is 10.6. The molecular formula is C13H17N3O3. The summed E-state index contributed by atoms with van der Waals surface area (Å²) < 4.78 is 0. The third-order valence-electron chi connectivity index (χ3n) is 3.06. The van der Waals surface area contributed by atoms with Crippen molar-refractivity contribution in [2.45, 2.75) is 12.5 Å². The third-order valence-corrected chi connectivity index (χ3v) is 3.06. The Bertz CT molecular complexity index is 553. The van der Waals surface area contributed by atoms with Gasteiger partial charge in [-0.25, -0.2) is 4.89 Å². The van der Waals surface area contributed by atoms with Crippen molar-refractivity contribution in [2.75, 3.05) is 13.8 Å². The molecule has 1 aromatic carbocycles. The summed E-state index contributed by atoms with van der Waals surface area (Å²) in [6, 6.07) is 7.44. The Hall–Kier alpha value is -1.89. The molecule has 1 atom stereocenters. The molecule has 19 heavy (non-hydrogen) atoms. The van der Waals surface area contributed by atoms with E-state index in [9.17, 15) is 4.79 Å². The predicted molar refractivity (Wildman–Crippen MR) is 71.6 cm³/mol. The van der Waals surface area contributed by atoms with Crippen LogP contribution in [0.4, 0.5) is 0 Å². The first kappa shape index (κ1) is 13.5. The molecule has 1 heterocycles. The summed E-state index contributed by atoms with van der Waals surface area (Å²) in [5, 5.41) is 14.9. The predicted octanol–water partition coefficient (Wildman–Crippen LogP) is 0.862. The number of aromatic amines is 1. The summed E-state index contributed by atoms with van der Waals surface area (Å²) in [4.78, 5) is 18.9. The Morgan fingerprint density at radius 3 is 3.00 bits per heavy atom. The fourth-order valence-corrected chi connectivity index (χ4v) is 2.09. The quantitative estimate of drug-likeness (QED) is 0.354. The average molecular weight is 263 g/mol. The van der Waals surface area contributed by atoms with Gasteiger partial charge in [-0.15, -0.1) is 0 Å². The fraction of sp³-hybridized carbons (Fsp3) is 0.308. The van der Waals surface area contributed by atoms with Crippen LogP contribution < -0.4 is 10.6 Å². The maximum atomic E-state index is 11.8. The maximum Gasteiger partial charge on any atom is 0.237 e. The van der Waals surface area contributed by atoms with Gasteiger partial charge in [-0.05, 0) is 18.1 Å². The topological polar surface area (TPSA) is 86.4 Å². The van der Waals surface area contributed by atoms with Crippen molar-refractivity contribution < 1.29 is 14.9 Å². The first-order valence-corrected chi connectivity index (χ1v) is 6.02. The van der Waals surface area contributed by atoms with Gasteiger partial charge in [0, 0.05) is 24.1 Å². The van der Waals surface area contributed by atoms with E-state index >= 15 is 0 Å². The van der Waals surface area contributed by atoms with Crippen LogP contribution in [-0.4, -0.2) is 36.0 Å². The summed E-state index contributed by atoms with van der Waals surface area (Å²) in [7, 11) is 1.58. The number of likely N-dealkylation sites (N-methyl/N-ethyl adjacent to an activating group) is 1. The molecule has 1 amide bonds. The molecule has 0 radical (unpaired) electrons. The summed E-state index contributed by atoms with van der Waals surface area (Å²) >= 11 is 0. The van der Waals surface area contributed by atoms with Crippen molar-refractivity contribution in [3.63, 3.8) is 0 Å². The number of para-hydroxylation sites is 1. The van der Waals surface area contributed by atoms with Gasteiger partial charge in [0.1, 0.15) is 6.73 Å². The van der Waals surface area contributed by atoms with Crippen LogP contribution in [0.3, 0.4) is 0 Å². The van der Waals surface area contributed by atoms with Crippen LogP contribution >= 0.6 is 0 Å². The zero-order valence-electron chi connectivity index (χ0n) is 10.6. The Balaban J connectivity index is 2.18. The van der Waals surface area contributed by atoms with Crippen LogP contribution in [0.1, 0.15) is 5.56 Å². The van der Waals surface area contributed by atoms with Crippen molar-refractivity contribution >= 4 is 16.8 Å². The molecule has 0 spiro atoms. The summed E-state index contributed by atoms with van der Waals surface area (Å²) in [6.07, 6.45) is 2.40.